The van der Waals surface area contributed by atoms with E-state index in [0.29, 0.717) is 25.5 Å². The standard InChI is InChI=1S/C19H34N4O3S.HI/c1-16(11-14-27(5,24)25)22-19(20-2)21-15-17-7-9-18(10-8-17)26-13-6-12-23(3)4;/h7-10,16H,6,11-15H2,1-5H3,(H2,20,21,22);1H. The highest BCUT2D eigenvalue weighted by Crippen LogP contribution is 2.12. The fraction of sp³-hybridized carbons (Fsp3) is 0.632. The molecule has 0 aliphatic carbocycles. The highest BCUT2D eigenvalue weighted by molar-refractivity contribution is 14.0. The number of benzene rings is 1. The summed E-state index contributed by atoms with van der Waals surface area (Å²) >= 11 is 0. The van der Waals surface area contributed by atoms with Crippen LogP contribution in [0, 0.1) is 0 Å². The van der Waals surface area contributed by atoms with E-state index in [0.717, 1.165) is 24.3 Å². The first-order valence-electron chi connectivity index (χ1n) is 9.21. The van der Waals surface area contributed by atoms with Gasteiger partial charge >= 0.3 is 0 Å². The quantitative estimate of drug-likeness (QED) is 0.199. The molecule has 1 rings (SSSR count). The van der Waals surface area contributed by atoms with Crippen LogP contribution in [-0.2, 0) is 16.4 Å². The largest absolute Gasteiger partial charge is 0.494 e. The monoisotopic (exact) mass is 526 g/mol. The second-order valence-corrected chi connectivity index (χ2v) is 9.30. The maximum atomic E-state index is 11.3. The van der Waals surface area contributed by atoms with Gasteiger partial charge < -0.3 is 20.3 Å². The highest BCUT2D eigenvalue weighted by atomic mass is 127. The van der Waals surface area contributed by atoms with Gasteiger partial charge in [0.1, 0.15) is 15.6 Å². The van der Waals surface area contributed by atoms with Crippen LogP contribution in [0.3, 0.4) is 0 Å². The third-order valence-corrected chi connectivity index (χ3v) is 4.91. The number of hydrogen-bond acceptors (Lipinski definition) is 5. The van der Waals surface area contributed by atoms with E-state index in [1.165, 1.54) is 6.26 Å². The van der Waals surface area contributed by atoms with Crippen molar-refractivity contribution < 1.29 is 13.2 Å². The maximum absolute atomic E-state index is 11.3. The van der Waals surface area contributed by atoms with Crippen LogP contribution in [0.2, 0.25) is 0 Å². The number of aliphatic imine (C=N–C) groups is 1. The minimum absolute atomic E-state index is 0. The van der Waals surface area contributed by atoms with E-state index in [2.05, 4.69) is 34.6 Å². The summed E-state index contributed by atoms with van der Waals surface area (Å²) in [4.78, 5) is 6.33. The fourth-order valence-corrected chi connectivity index (χ4v) is 3.13. The first-order chi connectivity index (χ1) is 12.7. The molecule has 7 nitrogen and oxygen atoms in total. The van der Waals surface area contributed by atoms with Gasteiger partial charge in [-0.25, -0.2) is 8.42 Å². The zero-order chi connectivity index (χ0) is 20.3. The SMILES string of the molecule is CN=C(NCc1ccc(OCCCN(C)C)cc1)NC(C)CCS(C)(=O)=O.I. The van der Waals surface area contributed by atoms with Gasteiger partial charge in [0, 0.05) is 32.4 Å². The first-order valence-corrected chi connectivity index (χ1v) is 11.3. The van der Waals surface area contributed by atoms with Crippen molar-refractivity contribution in [1.29, 1.82) is 0 Å². The van der Waals surface area contributed by atoms with Crippen molar-refractivity contribution in [3.8, 4) is 5.75 Å². The normalized spacial score (nSPS) is 13.0. The summed E-state index contributed by atoms with van der Waals surface area (Å²) in [6.45, 7) is 4.29. The summed E-state index contributed by atoms with van der Waals surface area (Å²) in [7, 11) is 2.85. The Hall–Kier alpha value is -1.07. The Morgan fingerprint density at radius 3 is 2.43 bits per heavy atom. The van der Waals surface area contributed by atoms with E-state index in [1.807, 2.05) is 31.2 Å². The average Bonchev–Trinajstić information content (AvgIpc) is 2.60. The van der Waals surface area contributed by atoms with Crippen molar-refractivity contribution in [2.45, 2.75) is 32.4 Å². The number of nitrogens with one attached hydrogen (secondary N) is 2. The fourth-order valence-electron chi connectivity index (χ4n) is 2.35. The Morgan fingerprint density at radius 1 is 1.25 bits per heavy atom. The molecule has 0 saturated heterocycles. The smallest absolute Gasteiger partial charge is 0.191 e. The Bertz CT molecular complexity index is 679. The van der Waals surface area contributed by atoms with Gasteiger partial charge in [0.25, 0.3) is 0 Å². The molecular formula is C19H35IN4O3S. The topological polar surface area (TPSA) is 83.0 Å². The molecule has 0 aliphatic heterocycles. The molecule has 0 heterocycles. The molecule has 28 heavy (non-hydrogen) atoms. The Labute approximate surface area is 187 Å². The van der Waals surface area contributed by atoms with E-state index in [9.17, 15) is 8.42 Å². The lowest BCUT2D eigenvalue weighted by Crippen LogP contribution is -2.42. The molecule has 0 bridgehead atoms. The van der Waals surface area contributed by atoms with Crippen molar-refractivity contribution in [2.24, 2.45) is 4.99 Å². The van der Waals surface area contributed by atoms with E-state index in [-0.39, 0.29) is 35.8 Å². The van der Waals surface area contributed by atoms with Gasteiger partial charge in [0.05, 0.1) is 12.4 Å². The van der Waals surface area contributed by atoms with Gasteiger partial charge in [-0.2, -0.15) is 0 Å². The van der Waals surface area contributed by atoms with Gasteiger partial charge in [0.2, 0.25) is 0 Å². The summed E-state index contributed by atoms with van der Waals surface area (Å²) in [6.07, 6.45) is 2.79. The van der Waals surface area contributed by atoms with E-state index in [4.69, 9.17) is 4.74 Å². The summed E-state index contributed by atoms with van der Waals surface area (Å²) in [5.74, 6) is 1.68. The van der Waals surface area contributed by atoms with Crippen LogP contribution in [-0.4, -0.2) is 71.6 Å². The van der Waals surface area contributed by atoms with Crippen LogP contribution >= 0.6 is 24.0 Å². The predicted octanol–water partition coefficient (Wildman–Crippen LogP) is 2.12. The lowest BCUT2D eigenvalue weighted by atomic mass is 10.2. The molecule has 9 heteroatoms. The molecule has 0 amide bonds. The van der Waals surface area contributed by atoms with Crippen LogP contribution in [0.1, 0.15) is 25.3 Å². The number of hydrogen-bond donors (Lipinski definition) is 2. The highest BCUT2D eigenvalue weighted by Gasteiger charge is 2.09. The van der Waals surface area contributed by atoms with Crippen LogP contribution in [0.15, 0.2) is 29.3 Å². The van der Waals surface area contributed by atoms with E-state index >= 15 is 0 Å². The molecule has 0 aromatic heterocycles. The van der Waals surface area contributed by atoms with Gasteiger partial charge in [0.15, 0.2) is 5.96 Å². The second-order valence-electron chi connectivity index (χ2n) is 7.04. The third kappa shape index (κ3) is 13.2. The van der Waals surface area contributed by atoms with Crippen LogP contribution in [0.5, 0.6) is 5.75 Å². The minimum Gasteiger partial charge on any atom is -0.494 e. The van der Waals surface area contributed by atoms with Gasteiger partial charge in [-0.05, 0) is 51.6 Å². The number of ether oxygens (including phenoxy) is 1. The zero-order valence-corrected chi connectivity index (χ0v) is 20.7. The lowest BCUT2D eigenvalue weighted by Gasteiger charge is -2.17. The Balaban J connectivity index is 0.00000729. The Morgan fingerprint density at radius 2 is 1.89 bits per heavy atom. The molecule has 1 aromatic carbocycles. The van der Waals surface area contributed by atoms with E-state index in [1.54, 1.807) is 7.05 Å². The second kappa shape index (κ2) is 14.0. The molecule has 162 valence electrons. The van der Waals surface area contributed by atoms with Gasteiger partial charge in [-0.3, -0.25) is 4.99 Å². The molecular weight excluding hydrogens is 491 g/mol. The molecule has 0 spiro atoms. The van der Waals surface area contributed by atoms with Crippen LogP contribution in [0.25, 0.3) is 0 Å². The summed E-state index contributed by atoms with van der Waals surface area (Å²) < 4.78 is 28.2. The van der Waals surface area contributed by atoms with Crippen molar-refractivity contribution in [2.75, 3.05) is 46.3 Å². The Kier molecular flexibility index (Phi) is 13.5. The summed E-state index contributed by atoms with van der Waals surface area (Å²) in [5, 5.41) is 6.45. The molecule has 0 aliphatic rings. The van der Waals surface area contributed by atoms with E-state index < -0.39 is 9.84 Å². The van der Waals surface area contributed by atoms with Gasteiger partial charge in [-0.1, -0.05) is 12.1 Å². The van der Waals surface area contributed by atoms with Crippen molar-refractivity contribution in [1.82, 2.24) is 15.5 Å². The molecule has 2 N–H and O–H groups in total. The predicted molar refractivity (Wildman–Crippen MR) is 128 cm³/mol. The number of nitrogens with zero attached hydrogens (tertiary/aromatic N) is 2. The first kappa shape index (κ1) is 26.9. The number of guanidine groups is 1. The van der Waals surface area contributed by atoms with Crippen molar-refractivity contribution in [3.05, 3.63) is 29.8 Å². The summed E-state index contributed by atoms with van der Waals surface area (Å²) in [5.41, 5.74) is 1.11. The van der Waals surface area contributed by atoms with Crippen molar-refractivity contribution in [3.63, 3.8) is 0 Å². The number of halogens is 1. The van der Waals surface area contributed by atoms with Crippen molar-refractivity contribution >= 4 is 39.8 Å². The number of rotatable bonds is 11. The van der Waals surface area contributed by atoms with Crippen LogP contribution < -0.4 is 15.4 Å². The molecule has 1 unspecified atom stereocenters. The summed E-state index contributed by atoms with van der Waals surface area (Å²) in [6, 6.07) is 8.00. The third-order valence-electron chi connectivity index (χ3n) is 3.93. The van der Waals surface area contributed by atoms with Gasteiger partial charge in [-0.15, -0.1) is 24.0 Å². The molecule has 0 saturated carbocycles. The number of sulfone groups is 1. The van der Waals surface area contributed by atoms with Crippen LogP contribution in [0.4, 0.5) is 0 Å². The molecule has 0 radical (unpaired) electrons. The minimum atomic E-state index is -2.95. The maximum Gasteiger partial charge on any atom is 0.191 e. The molecule has 1 aromatic rings. The molecule has 0 fully saturated rings. The lowest BCUT2D eigenvalue weighted by molar-refractivity contribution is 0.281. The zero-order valence-electron chi connectivity index (χ0n) is 17.6. The molecule has 1 atom stereocenters. The average molecular weight is 526 g/mol.